The van der Waals surface area contributed by atoms with Gasteiger partial charge in [-0.05, 0) is 19.8 Å². The molecule has 110 valence electrons. The Kier molecular flexibility index (Phi) is 6.07. The average Bonchev–Trinajstić information content (AvgIpc) is 2.89. The lowest BCUT2D eigenvalue weighted by Crippen LogP contribution is -2.42. The Labute approximate surface area is 113 Å². The zero-order valence-electron chi connectivity index (χ0n) is 11.0. The molecule has 0 aromatic rings. The van der Waals surface area contributed by atoms with E-state index >= 15 is 0 Å². The fraction of sp³-hybridized carbons (Fsp3) is 0.818. The van der Waals surface area contributed by atoms with Gasteiger partial charge in [-0.3, -0.25) is 10.2 Å². The molecule has 2 amide bonds. The van der Waals surface area contributed by atoms with E-state index in [9.17, 15) is 18.0 Å². The van der Waals surface area contributed by atoms with Gasteiger partial charge < -0.3 is 4.74 Å². The molecule has 0 aromatic heterocycles. The molecule has 0 heterocycles. The van der Waals surface area contributed by atoms with Crippen LogP contribution >= 0.6 is 0 Å². The zero-order valence-corrected chi connectivity index (χ0v) is 11.8. The van der Waals surface area contributed by atoms with Crippen molar-refractivity contribution in [3.8, 4) is 0 Å². The lowest BCUT2D eigenvalue weighted by atomic mass is 10.4. The minimum absolute atomic E-state index is 0.161. The van der Waals surface area contributed by atoms with Crippen molar-refractivity contribution in [2.45, 2.75) is 44.3 Å². The van der Waals surface area contributed by atoms with Gasteiger partial charge in [-0.2, -0.15) is 0 Å². The highest BCUT2D eigenvalue weighted by Gasteiger charge is 2.28. The molecule has 1 aliphatic carbocycles. The Hall–Kier alpha value is -1.31. The highest BCUT2D eigenvalue weighted by atomic mass is 32.2. The first-order chi connectivity index (χ1) is 8.95. The van der Waals surface area contributed by atoms with Gasteiger partial charge in [0.15, 0.2) is 9.84 Å². The summed E-state index contributed by atoms with van der Waals surface area (Å²) in [5, 5.41) is -0.307. The van der Waals surface area contributed by atoms with Crippen LogP contribution in [0.25, 0.3) is 0 Å². The maximum atomic E-state index is 11.9. The number of hydrogen-bond donors (Lipinski definition) is 2. The summed E-state index contributed by atoms with van der Waals surface area (Å²) in [7, 11) is -3.21. The summed E-state index contributed by atoms with van der Waals surface area (Å²) in [5.41, 5.74) is 4.14. The van der Waals surface area contributed by atoms with Crippen molar-refractivity contribution in [2.75, 3.05) is 12.4 Å². The fourth-order valence-electron chi connectivity index (χ4n) is 2.00. The molecule has 0 aliphatic heterocycles. The summed E-state index contributed by atoms with van der Waals surface area (Å²) in [5.74, 6) is -0.733. The lowest BCUT2D eigenvalue weighted by Gasteiger charge is -2.11. The molecule has 8 heteroatoms. The van der Waals surface area contributed by atoms with Gasteiger partial charge >= 0.3 is 6.09 Å². The summed E-state index contributed by atoms with van der Waals surface area (Å²) < 4.78 is 28.3. The number of ether oxygens (including phenoxy) is 1. The van der Waals surface area contributed by atoms with Crippen LogP contribution < -0.4 is 10.9 Å². The van der Waals surface area contributed by atoms with Gasteiger partial charge in [-0.15, -0.1) is 0 Å². The third-order valence-electron chi connectivity index (χ3n) is 3.00. The minimum Gasteiger partial charge on any atom is -0.449 e. The Morgan fingerprint density at radius 2 is 1.84 bits per heavy atom. The van der Waals surface area contributed by atoms with Gasteiger partial charge in [-0.1, -0.05) is 12.8 Å². The second kappa shape index (κ2) is 7.32. The Bertz CT molecular complexity index is 415. The molecule has 0 bridgehead atoms. The van der Waals surface area contributed by atoms with Crippen molar-refractivity contribution in [1.82, 2.24) is 10.9 Å². The maximum absolute atomic E-state index is 11.9. The van der Waals surface area contributed by atoms with Gasteiger partial charge in [0.05, 0.1) is 17.6 Å². The molecule has 1 rings (SSSR count). The van der Waals surface area contributed by atoms with Crippen LogP contribution in [0.15, 0.2) is 0 Å². The number of hydrazine groups is 1. The van der Waals surface area contributed by atoms with Crippen LogP contribution in [0, 0.1) is 0 Å². The van der Waals surface area contributed by atoms with E-state index in [4.69, 9.17) is 0 Å². The van der Waals surface area contributed by atoms with Crippen molar-refractivity contribution in [2.24, 2.45) is 0 Å². The molecule has 0 atom stereocenters. The molecule has 0 spiro atoms. The van der Waals surface area contributed by atoms with Crippen molar-refractivity contribution >= 4 is 21.8 Å². The quantitative estimate of drug-likeness (QED) is 0.719. The molecule has 0 saturated heterocycles. The number of nitrogens with one attached hydrogen (secondary N) is 2. The van der Waals surface area contributed by atoms with Crippen LogP contribution in [-0.2, 0) is 19.4 Å². The SMILES string of the molecule is CCOC(=O)NNC(=O)CCS(=O)(=O)C1CCCC1. The van der Waals surface area contributed by atoms with Crippen molar-refractivity contribution < 1.29 is 22.7 Å². The molecule has 0 radical (unpaired) electrons. The molecule has 2 N–H and O–H groups in total. The summed E-state index contributed by atoms with van der Waals surface area (Å²) in [6, 6.07) is 0. The number of amides is 2. The number of rotatable bonds is 5. The highest BCUT2D eigenvalue weighted by Crippen LogP contribution is 2.25. The number of carbonyl (C=O) groups is 2. The van der Waals surface area contributed by atoms with E-state index in [1.807, 2.05) is 5.43 Å². The summed E-state index contributed by atoms with van der Waals surface area (Å²) >= 11 is 0. The van der Waals surface area contributed by atoms with Gasteiger partial charge in [0.1, 0.15) is 0 Å². The van der Waals surface area contributed by atoms with E-state index < -0.39 is 21.8 Å². The van der Waals surface area contributed by atoms with Crippen molar-refractivity contribution in [3.05, 3.63) is 0 Å². The van der Waals surface area contributed by atoms with Crippen LogP contribution in [0.1, 0.15) is 39.0 Å². The first-order valence-corrected chi connectivity index (χ1v) is 8.10. The number of carbonyl (C=O) groups excluding carboxylic acids is 2. The van der Waals surface area contributed by atoms with Gasteiger partial charge in [0.2, 0.25) is 5.91 Å². The van der Waals surface area contributed by atoms with E-state index in [1.54, 1.807) is 6.92 Å². The standard InChI is InChI=1S/C11H20N2O5S/c1-2-18-11(15)13-12-10(14)7-8-19(16,17)9-5-3-4-6-9/h9H,2-8H2,1H3,(H,12,14)(H,13,15). The second-order valence-electron chi connectivity index (χ2n) is 4.42. The van der Waals surface area contributed by atoms with Crippen molar-refractivity contribution in [1.29, 1.82) is 0 Å². The Balaban J connectivity index is 2.27. The molecule has 0 unspecified atom stereocenters. The summed E-state index contributed by atoms with van der Waals surface area (Å²) in [6.45, 7) is 1.83. The molecular weight excluding hydrogens is 272 g/mol. The third kappa shape index (κ3) is 5.46. The molecule has 0 aromatic carbocycles. The first kappa shape index (κ1) is 15.7. The van der Waals surface area contributed by atoms with Gasteiger partial charge in [0, 0.05) is 6.42 Å². The van der Waals surface area contributed by atoms with Gasteiger partial charge in [-0.25, -0.2) is 18.6 Å². The fourth-order valence-corrected chi connectivity index (χ4v) is 3.85. The second-order valence-corrected chi connectivity index (χ2v) is 6.82. The van der Waals surface area contributed by atoms with Crippen molar-refractivity contribution in [3.63, 3.8) is 0 Å². The maximum Gasteiger partial charge on any atom is 0.426 e. The van der Waals surface area contributed by atoms with Crippen LogP contribution in [-0.4, -0.2) is 38.0 Å². The van der Waals surface area contributed by atoms with Crippen LogP contribution in [0.5, 0.6) is 0 Å². The number of sulfone groups is 1. The average molecular weight is 292 g/mol. The zero-order chi connectivity index (χ0) is 14.3. The predicted molar refractivity (Wildman–Crippen MR) is 69.0 cm³/mol. The molecule has 7 nitrogen and oxygen atoms in total. The minimum atomic E-state index is -3.21. The largest absolute Gasteiger partial charge is 0.449 e. The monoisotopic (exact) mass is 292 g/mol. The van der Waals surface area contributed by atoms with E-state index in [1.165, 1.54) is 0 Å². The van der Waals surface area contributed by atoms with Gasteiger partial charge in [0.25, 0.3) is 0 Å². The third-order valence-corrected chi connectivity index (χ3v) is 5.26. The van der Waals surface area contributed by atoms with E-state index in [0.29, 0.717) is 12.8 Å². The Morgan fingerprint density at radius 1 is 1.21 bits per heavy atom. The Morgan fingerprint density at radius 3 is 2.42 bits per heavy atom. The first-order valence-electron chi connectivity index (χ1n) is 6.39. The molecule has 19 heavy (non-hydrogen) atoms. The smallest absolute Gasteiger partial charge is 0.426 e. The van der Waals surface area contributed by atoms with E-state index in [2.05, 4.69) is 10.2 Å². The summed E-state index contributed by atoms with van der Waals surface area (Å²) in [6.07, 6.45) is 2.30. The molecular formula is C11H20N2O5S. The lowest BCUT2D eigenvalue weighted by molar-refractivity contribution is -0.121. The molecule has 1 aliphatic rings. The van der Waals surface area contributed by atoms with Crippen LogP contribution in [0.4, 0.5) is 4.79 Å². The highest BCUT2D eigenvalue weighted by molar-refractivity contribution is 7.92. The predicted octanol–water partition coefficient (Wildman–Crippen LogP) is 0.511. The topological polar surface area (TPSA) is 102 Å². The van der Waals surface area contributed by atoms with Crippen LogP contribution in [0.2, 0.25) is 0 Å². The van der Waals surface area contributed by atoms with E-state index in [-0.39, 0.29) is 24.0 Å². The molecule has 1 fully saturated rings. The summed E-state index contributed by atoms with van der Waals surface area (Å²) in [4.78, 5) is 22.3. The molecule has 1 saturated carbocycles. The van der Waals surface area contributed by atoms with E-state index in [0.717, 1.165) is 12.8 Å². The normalized spacial score (nSPS) is 16.1. The van der Waals surface area contributed by atoms with Crippen LogP contribution in [0.3, 0.4) is 0 Å². The number of hydrogen-bond acceptors (Lipinski definition) is 5.